The van der Waals surface area contributed by atoms with Crippen LogP contribution in [0.25, 0.3) is 0 Å². The Morgan fingerprint density at radius 2 is 2.09 bits per heavy atom. The van der Waals surface area contributed by atoms with Crippen LogP contribution in [0.15, 0.2) is 15.6 Å². The molecule has 3 rings (SSSR count). The molecule has 0 bridgehead atoms. The van der Waals surface area contributed by atoms with Gasteiger partial charge in [-0.25, -0.2) is 8.42 Å². The van der Waals surface area contributed by atoms with Gasteiger partial charge in [0.05, 0.1) is 12.7 Å². The molecule has 0 N–H and O–H groups in total. The van der Waals surface area contributed by atoms with Gasteiger partial charge in [0.25, 0.3) is 0 Å². The van der Waals surface area contributed by atoms with E-state index in [9.17, 15) is 8.42 Å². The van der Waals surface area contributed by atoms with E-state index in [1.165, 1.54) is 10.5 Å². The summed E-state index contributed by atoms with van der Waals surface area (Å²) in [6.45, 7) is 8.24. The van der Waals surface area contributed by atoms with Gasteiger partial charge in [0, 0.05) is 18.5 Å². The molecule has 22 heavy (non-hydrogen) atoms. The van der Waals surface area contributed by atoms with Crippen LogP contribution in [0.2, 0.25) is 0 Å². The Hall–Kier alpha value is -1.74. The lowest BCUT2D eigenvalue weighted by Gasteiger charge is -2.31. The van der Waals surface area contributed by atoms with E-state index in [0.29, 0.717) is 18.1 Å². The summed E-state index contributed by atoms with van der Waals surface area (Å²) in [5.41, 5.74) is 0. The second-order valence-electron chi connectivity index (χ2n) is 5.89. The molecule has 0 spiro atoms. The van der Waals surface area contributed by atoms with E-state index in [1.54, 1.807) is 6.92 Å². The van der Waals surface area contributed by atoms with Crippen molar-refractivity contribution in [2.45, 2.75) is 51.1 Å². The smallest absolute Gasteiger partial charge is 0.248 e. The van der Waals surface area contributed by atoms with Crippen molar-refractivity contribution in [2.75, 3.05) is 6.54 Å². The lowest BCUT2D eigenvalue weighted by atomic mass is 10.1. The minimum Gasteiger partial charge on any atom is -0.360 e. The fourth-order valence-electron chi connectivity index (χ4n) is 2.78. The number of rotatable bonds is 3. The number of sulfonamides is 1. The number of fused-ring (bicyclic) bond motifs is 1. The van der Waals surface area contributed by atoms with Crippen LogP contribution in [-0.2, 0) is 16.6 Å². The Bertz CT molecular complexity index is 792. The van der Waals surface area contributed by atoms with Crippen LogP contribution in [0.1, 0.15) is 50.1 Å². The summed E-state index contributed by atoms with van der Waals surface area (Å²) < 4.78 is 33.8. The third-order valence-electron chi connectivity index (χ3n) is 3.86. The third-order valence-corrected chi connectivity index (χ3v) is 5.77. The van der Waals surface area contributed by atoms with Crippen molar-refractivity contribution < 1.29 is 12.9 Å². The van der Waals surface area contributed by atoms with Gasteiger partial charge < -0.3 is 9.09 Å². The van der Waals surface area contributed by atoms with Gasteiger partial charge >= 0.3 is 0 Å². The molecule has 8 nitrogen and oxygen atoms in total. The Balaban J connectivity index is 1.98. The van der Waals surface area contributed by atoms with Gasteiger partial charge in [-0.1, -0.05) is 19.0 Å². The van der Waals surface area contributed by atoms with Crippen molar-refractivity contribution >= 4 is 10.0 Å². The van der Waals surface area contributed by atoms with Crippen molar-refractivity contribution in [2.24, 2.45) is 0 Å². The zero-order valence-electron chi connectivity index (χ0n) is 13.0. The maximum atomic E-state index is 12.7. The molecule has 2 aromatic heterocycles. The summed E-state index contributed by atoms with van der Waals surface area (Å²) in [5, 5.41) is 11.9. The van der Waals surface area contributed by atoms with E-state index in [2.05, 4.69) is 15.4 Å². The van der Waals surface area contributed by atoms with Crippen LogP contribution in [0.4, 0.5) is 0 Å². The van der Waals surface area contributed by atoms with Gasteiger partial charge in [-0.05, 0) is 13.8 Å². The highest BCUT2D eigenvalue weighted by Gasteiger charge is 2.36. The SMILES string of the molecule is Cc1oncc1S(=O)(=O)N1Cc2nnc(C(C)C)n2[C@@H](C)C1. The van der Waals surface area contributed by atoms with Crippen LogP contribution in [0, 0.1) is 6.92 Å². The molecule has 0 unspecified atom stereocenters. The van der Waals surface area contributed by atoms with Gasteiger partial charge in [0.2, 0.25) is 10.0 Å². The van der Waals surface area contributed by atoms with Crippen LogP contribution in [0.5, 0.6) is 0 Å². The van der Waals surface area contributed by atoms with Gasteiger partial charge in [0.15, 0.2) is 5.76 Å². The van der Waals surface area contributed by atoms with E-state index in [0.717, 1.165) is 5.82 Å². The molecule has 2 aromatic rings. The molecule has 0 saturated heterocycles. The van der Waals surface area contributed by atoms with Gasteiger partial charge in [-0.3, -0.25) is 0 Å². The van der Waals surface area contributed by atoms with E-state index in [4.69, 9.17) is 4.52 Å². The normalized spacial score (nSPS) is 19.6. The minimum absolute atomic E-state index is 0.0221. The fourth-order valence-corrected chi connectivity index (χ4v) is 4.33. The maximum Gasteiger partial charge on any atom is 0.248 e. The van der Waals surface area contributed by atoms with Crippen LogP contribution >= 0.6 is 0 Å². The average molecular weight is 325 g/mol. The largest absolute Gasteiger partial charge is 0.360 e. The quantitative estimate of drug-likeness (QED) is 0.848. The molecule has 0 aromatic carbocycles. The van der Waals surface area contributed by atoms with Crippen LogP contribution < -0.4 is 0 Å². The lowest BCUT2D eigenvalue weighted by Crippen LogP contribution is -2.40. The summed E-state index contributed by atoms with van der Waals surface area (Å²) in [6.07, 6.45) is 1.24. The number of aromatic nitrogens is 4. The van der Waals surface area contributed by atoms with Crippen molar-refractivity contribution in [3.05, 3.63) is 23.6 Å². The molecule has 0 fully saturated rings. The molecule has 3 heterocycles. The summed E-state index contributed by atoms with van der Waals surface area (Å²) >= 11 is 0. The Morgan fingerprint density at radius 3 is 2.68 bits per heavy atom. The Morgan fingerprint density at radius 1 is 1.36 bits per heavy atom. The van der Waals surface area contributed by atoms with Crippen LogP contribution in [-0.4, -0.2) is 39.2 Å². The second kappa shape index (κ2) is 5.17. The monoisotopic (exact) mass is 325 g/mol. The molecule has 0 aliphatic carbocycles. The standard InChI is InChI=1S/C13H19N5O3S/c1-8(2)13-16-15-12-7-17(6-9(3)18(12)13)22(19,20)11-5-14-21-10(11)4/h5,8-9H,6-7H2,1-4H3/t9-/m0/s1. The van der Waals surface area contributed by atoms with E-state index in [-0.39, 0.29) is 23.4 Å². The first kappa shape index (κ1) is 15.2. The Labute approximate surface area is 129 Å². The zero-order chi connectivity index (χ0) is 16.1. The highest BCUT2D eigenvalue weighted by molar-refractivity contribution is 7.89. The van der Waals surface area contributed by atoms with Crippen molar-refractivity contribution in [3.63, 3.8) is 0 Å². The van der Waals surface area contributed by atoms with Crippen molar-refractivity contribution in [1.82, 2.24) is 24.2 Å². The average Bonchev–Trinajstić information content (AvgIpc) is 3.04. The molecular formula is C13H19N5O3S. The molecule has 0 radical (unpaired) electrons. The molecular weight excluding hydrogens is 306 g/mol. The first-order valence-corrected chi connectivity index (χ1v) is 8.61. The van der Waals surface area contributed by atoms with E-state index in [1.807, 2.05) is 25.3 Å². The summed E-state index contributed by atoms with van der Waals surface area (Å²) in [5.74, 6) is 2.09. The molecule has 120 valence electrons. The lowest BCUT2D eigenvalue weighted by molar-refractivity contribution is 0.285. The topological polar surface area (TPSA) is 94.1 Å². The van der Waals surface area contributed by atoms with E-state index >= 15 is 0 Å². The van der Waals surface area contributed by atoms with Crippen molar-refractivity contribution in [3.8, 4) is 0 Å². The fraction of sp³-hybridized carbons (Fsp3) is 0.615. The summed E-state index contributed by atoms with van der Waals surface area (Å²) in [4.78, 5) is 0.108. The second-order valence-corrected chi connectivity index (χ2v) is 7.80. The molecule has 0 amide bonds. The maximum absolute atomic E-state index is 12.7. The highest BCUT2D eigenvalue weighted by atomic mass is 32.2. The number of nitrogens with zero attached hydrogens (tertiary/aromatic N) is 5. The predicted octanol–water partition coefficient (Wildman–Crippen LogP) is 1.46. The van der Waals surface area contributed by atoms with Crippen LogP contribution in [0.3, 0.4) is 0 Å². The number of aryl methyl sites for hydroxylation is 1. The molecule has 0 saturated carbocycles. The zero-order valence-corrected chi connectivity index (χ0v) is 13.8. The molecule has 1 atom stereocenters. The highest BCUT2D eigenvalue weighted by Crippen LogP contribution is 2.29. The first-order chi connectivity index (χ1) is 10.3. The summed E-state index contributed by atoms with van der Waals surface area (Å²) in [7, 11) is -3.64. The van der Waals surface area contributed by atoms with Gasteiger partial charge in [-0.2, -0.15) is 4.31 Å². The number of hydrogen-bond acceptors (Lipinski definition) is 6. The Kier molecular flexibility index (Phi) is 3.56. The molecule has 1 aliphatic heterocycles. The summed E-state index contributed by atoms with van der Waals surface area (Å²) in [6, 6.07) is -0.0221. The third kappa shape index (κ3) is 2.24. The minimum atomic E-state index is -3.64. The van der Waals surface area contributed by atoms with E-state index < -0.39 is 10.0 Å². The molecule has 1 aliphatic rings. The van der Waals surface area contributed by atoms with Crippen molar-refractivity contribution in [1.29, 1.82) is 0 Å². The number of hydrogen-bond donors (Lipinski definition) is 0. The van der Waals surface area contributed by atoms with Gasteiger partial charge in [-0.15, -0.1) is 10.2 Å². The van der Waals surface area contributed by atoms with Gasteiger partial charge in [0.1, 0.15) is 16.5 Å². The predicted molar refractivity (Wildman–Crippen MR) is 77.7 cm³/mol. The molecule has 9 heteroatoms. The first-order valence-electron chi connectivity index (χ1n) is 7.17.